The van der Waals surface area contributed by atoms with Gasteiger partial charge in [0.05, 0.1) is 19.1 Å². The highest BCUT2D eigenvalue weighted by molar-refractivity contribution is 5.73. The fourth-order valence-electron chi connectivity index (χ4n) is 1.99. The van der Waals surface area contributed by atoms with Gasteiger partial charge in [0, 0.05) is 13.1 Å². The van der Waals surface area contributed by atoms with Gasteiger partial charge in [-0.2, -0.15) is 0 Å². The number of carbonyl (C=O) groups excluding carboxylic acids is 2. The first-order chi connectivity index (χ1) is 9.40. The highest BCUT2D eigenvalue weighted by Crippen LogP contribution is 2.19. The maximum absolute atomic E-state index is 11.8. The first kappa shape index (κ1) is 16.8. The largest absolute Gasteiger partial charge is 0.465 e. The lowest BCUT2D eigenvalue weighted by molar-refractivity contribution is -0.151. The highest BCUT2D eigenvalue weighted by Gasteiger charge is 2.29. The molecule has 0 radical (unpaired) electrons. The summed E-state index contributed by atoms with van der Waals surface area (Å²) in [7, 11) is 0. The van der Waals surface area contributed by atoms with Gasteiger partial charge in [0.2, 0.25) is 0 Å². The van der Waals surface area contributed by atoms with Crippen molar-refractivity contribution in [3.8, 4) is 0 Å². The molecule has 1 rings (SSSR count). The molecule has 5 heteroatoms. The summed E-state index contributed by atoms with van der Waals surface area (Å²) in [5.74, 6) is 0.476. The number of esters is 1. The van der Waals surface area contributed by atoms with Crippen LogP contribution in [0.3, 0.4) is 0 Å². The molecule has 0 aromatic heterocycles. The van der Waals surface area contributed by atoms with Gasteiger partial charge in [-0.3, -0.25) is 4.79 Å². The maximum Gasteiger partial charge on any atom is 0.409 e. The first-order valence-electron chi connectivity index (χ1n) is 7.48. The second kappa shape index (κ2) is 8.12. The number of nitrogens with zero attached hydrogens (tertiary/aromatic N) is 1. The molecule has 0 aromatic carbocycles. The van der Waals surface area contributed by atoms with Crippen LogP contribution >= 0.6 is 0 Å². The summed E-state index contributed by atoms with van der Waals surface area (Å²) in [5.41, 5.74) is 0. The molecule has 1 fully saturated rings. The average molecular weight is 285 g/mol. The Kier molecular flexibility index (Phi) is 6.82. The summed E-state index contributed by atoms with van der Waals surface area (Å²) in [5, 5.41) is 0. The average Bonchev–Trinajstić information content (AvgIpc) is 2.42. The lowest BCUT2D eigenvalue weighted by Gasteiger charge is -2.30. The summed E-state index contributed by atoms with van der Waals surface area (Å²) in [4.78, 5) is 25.3. The van der Waals surface area contributed by atoms with Crippen LogP contribution in [-0.4, -0.2) is 43.3 Å². The Balaban J connectivity index is 2.28. The van der Waals surface area contributed by atoms with Crippen LogP contribution in [0.25, 0.3) is 0 Å². The lowest BCUT2D eigenvalue weighted by atomic mass is 9.97. The number of rotatable bonds is 5. The van der Waals surface area contributed by atoms with E-state index < -0.39 is 0 Å². The third-order valence-electron chi connectivity index (χ3n) is 3.19. The zero-order valence-electron chi connectivity index (χ0n) is 13.1. The van der Waals surface area contributed by atoms with E-state index in [2.05, 4.69) is 0 Å². The number of ether oxygens (including phenoxy) is 2. The zero-order chi connectivity index (χ0) is 15.1. The number of amides is 1. The van der Waals surface area contributed by atoms with E-state index in [1.54, 1.807) is 4.90 Å². The number of carbonyl (C=O) groups is 2. The third kappa shape index (κ3) is 5.80. The molecule has 0 saturated carbocycles. The SMILES string of the molecule is CC(C)COC(=O)C1CCN(C(=O)OCC(C)C)CC1. The fraction of sp³-hybridized carbons (Fsp3) is 0.867. The van der Waals surface area contributed by atoms with Crippen molar-refractivity contribution in [3.63, 3.8) is 0 Å². The lowest BCUT2D eigenvalue weighted by Crippen LogP contribution is -2.41. The van der Waals surface area contributed by atoms with Gasteiger partial charge in [-0.15, -0.1) is 0 Å². The molecule has 1 aliphatic heterocycles. The van der Waals surface area contributed by atoms with Gasteiger partial charge in [-0.1, -0.05) is 27.7 Å². The van der Waals surface area contributed by atoms with Gasteiger partial charge < -0.3 is 14.4 Å². The molecule has 1 aliphatic rings. The Morgan fingerprint density at radius 3 is 2.00 bits per heavy atom. The van der Waals surface area contributed by atoms with E-state index >= 15 is 0 Å². The summed E-state index contributed by atoms with van der Waals surface area (Å²) >= 11 is 0. The van der Waals surface area contributed by atoms with Crippen LogP contribution < -0.4 is 0 Å². The van der Waals surface area contributed by atoms with E-state index in [0.717, 1.165) is 0 Å². The minimum Gasteiger partial charge on any atom is -0.465 e. The molecule has 1 amide bonds. The van der Waals surface area contributed by atoms with Crippen LogP contribution in [0, 0.1) is 17.8 Å². The zero-order valence-corrected chi connectivity index (χ0v) is 13.1. The van der Waals surface area contributed by atoms with Crippen molar-refractivity contribution in [2.75, 3.05) is 26.3 Å². The standard InChI is InChI=1S/C15H27NO4/c1-11(2)9-19-14(17)13-5-7-16(8-6-13)15(18)20-10-12(3)4/h11-13H,5-10H2,1-4H3. The molecular formula is C15H27NO4. The van der Waals surface area contributed by atoms with Crippen molar-refractivity contribution in [1.29, 1.82) is 0 Å². The van der Waals surface area contributed by atoms with Crippen molar-refractivity contribution in [1.82, 2.24) is 4.90 Å². The van der Waals surface area contributed by atoms with Gasteiger partial charge in [0.1, 0.15) is 0 Å². The predicted octanol–water partition coefficient (Wildman–Crippen LogP) is 2.69. The quantitative estimate of drug-likeness (QED) is 0.729. The molecule has 116 valence electrons. The van der Waals surface area contributed by atoms with Crippen LogP contribution in [0.4, 0.5) is 4.79 Å². The molecule has 0 unspecified atom stereocenters. The smallest absolute Gasteiger partial charge is 0.409 e. The molecule has 0 aliphatic carbocycles. The van der Waals surface area contributed by atoms with E-state index in [4.69, 9.17) is 9.47 Å². The van der Waals surface area contributed by atoms with E-state index in [1.165, 1.54) is 0 Å². The van der Waals surface area contributed by atoms with Crippen LogP contribution in [0.15, 0.2) is 0 Å². The Hall–Kier alpha value is -1.26. The molecule has 0 bridgehead atoms. The molecule has 0 spiro atoms. The molecule has 1 heterocycles. The molecule has 1 saturated heterocycles. The fourth-order valence-corrected chi connectivity index (χ4v) is 1.99. The summed E-state index contributed by atoms with van der Waals surface area (Å²) in [6, 6.07) is 0. The van der Waals surface area contributed by atoms with E-state index in [9.17, 15) is 9.59 Å². The van der Waals surface area contributed by atoms with Gasteiger partial charge >= 0.3 is 12.1 Å². The van der Waals surface area contributed by atoms with E-state index in [0.29, 0.717) is 51.0 Å². The summed E-state index contributed by atoms with van der Waals surface area (Å²) < 4.78 is 10.4. The van der Waals surface area contributed by atoms with Gasteiger partial charge in [-0.05, 0) is 24.7 Å². The van der Waals surface area contributed by atoms with Gasteiger partial charge in [0.25, 0.3) is 0 Å². The Bertz CT molecular complexity index is 288. The second-order valence-corrected chi connectivity index (χ2v) is 6.26. The molecule has 0 aromatic rings. The van der Waals surface area contributed by atoms with Gasteiger partial charge in [-0.25, -0.2) is 4.79 Å². The molecular weight excluding hydrogens is 258 g/mol. The second-order valence-electron chi connectivity index (χ2n) is 6.26. The van der Waals surface area contributed by atoms with Crippen molar-refractivity contribution in [2.45, 2.75) is 40.5 Å². The number of hydrogen-bond acceptors (Lipinski definition) is 4. The van der Waals surface area contributed by atoms with Crippen molar-refractivity contribution in [3.05, 3.63) is 0 Å². The third-order valence-corrected chi connectivity index (χ3v) is 3.19. The summed E-state index contributed by atoms with van der Waals surface area (Å²) in [6.45, 7) is 10.1. The van der Waals surface area contributed by atoms with Crippen LogP contribution in [0.1, 0.15) is 40.5 Å². The minimum atomic E-state index is -0.271. The van der Waals surface area contributed by atoms with Crippen LogP contribution in [-0.2, 0) is 14.3 Å². The van der Waals surface area contributed by atoms with E-state index in [1.807, 2.05) is 27.7 Å². The number of hydrogen-bond donors (Lipinski definition) is 0. The van der Waals surface area contributed by atoms with Crippen LogP contribution in [0.5, 0.6) is 0 Å². The van der Waals surface area contributed by atoms with Crippen molar-refractivity contribution >= 4 is 12.1 Å². The summed E-state index contributed by atoms with van der Waals surface area (Å²) in [6.07, 6.45) is 1.05. The normalized spacial score (nSPS) is 16.6. The Morgan fingerprint density at radius 1 is 1.00 bits per heavy atom. The molecule has 0 atom stereocenters. The molecule has 5 nitrogen and oxygen atoms in total. The number of likely N-dealkylation sites (tertiary alicyclic amines) is 1. The first-order valence-corrected chi connectivity index (χ1v) is 7.48. The Morgan fingerprint density at radius 2 is 1.50 bits per heavy atom. The highest BCUT2D eigenvalue weighted by atomic mass is 16.6. The monoisotopic (exact) mass is 285 g/mol. The molecule has 20 heavy (non-hydrogen) atoms. The van der Waals surface area contributed by atoms with Gasteiger partial charge in [0.15, 0.2) is 0 Å². The van der Waals surface area contributed by atoms with E-state index in [-0.39, 0.29) is 18.0 Å². The van der Waals surface area contributed by atoms with Crippen LogP contribution in [0.2, 0.25) is 0 Å². The maximum atomic E-state index is 11.8. The Labute approximate surface area is 121 Å². The predicted molar refractivity (Wildman–Crippen MR) is 76.3 cm³/mol. The van der Waals surface area contributed by atoms with Crippen molar-refractivity contribution < 1.29 is 19.1 Å². The topological polar surface area (TPSA) is 55.8 Å². The molecule has 0 N–H and O–H groups in total. The number of piperidine rings is 1. The van der Waals surface area contributed by atoms with Crippen molar-refractivity contribution in [2.24, 2.45) is 17.8 Å². The minimum absolute atomic E-state index is 0.0806.